The molecule has 0 aliphatic heterocycles. The zero-order chi connectivity index (χ0) is 19.6. The lowest BCUT2D eigenvalue weighted by Crippen LogP contribution is -2.23. The van der Waals surface area contributed by atoms with E-state index >= 15 is 0 Å². The van der Waals surface area contributed by atoms with Gasteiger partial charge in [-0.1, -0.05) is 24.3 Å². The highest BCUT2D eigenvalue weighted by molar-refractivity contribution is 5.85. The molecule has 7 heteroatoms. The minimum absolute atomic E-state index is 0. The normalized spacial score (nSPS) is 10.0. The van der Waals surface area contributed by atoms with Crippen molar-refractivity contribution in [2.75, 3.05) is 28.4 Å². The molecule has 0 aliphatic rings. The largest absolute Gasteiger partial charge is 0.493 e. The van der Waals surface area contributed by atoms with Crippen molar-refractivity contribution in [1.82, 2.24) is 10.6 Å². The molecule has 154 valence electrons. The number of nitrogens with one attached hydrogen (secondary N) is 2. The van der Waals surface area contributed by atoms with E-state index in [2.05, 4.69) is 22.8 Å². The molecule has 1 amide bonds. The molecule has 2 aromatic carbocycles. The summed E-state index contributed by atoms with van der Waals surface area (Å²) in [7, 11) is 6.65. The van der Waals surface area contributed by atoms with Crippen molar-refractivity contribution in [1.29, 1.82) is 0 Å². The number of hydrogen-bond donors (Lipinski definition) is 2. The van der Waals surface area contributed by atoms with Crippen LogP contribution in [-0.4, -0.2) is 34.3 Å². The molecular weight excluding hydrogens is 380 g/mol. The topological polar surface area (TPSA) is 68.8 Å². The smallest absolute Gasteiger partial charge is 0.220 e. The molecule has 2 N–H and O–H groups in total. The van der Waals surface area contributed by atoms with Crippen LogP contribution in [0.15, 0.2) is 36.4 Å². The lowest BCUT2D eigenvalue weighted by molar-refractivity contribution is -0.121. The highest BCUT2D eigenvalue weighted by Gasteiger charge is 2.13. The maximum atomic E-state index is 12.2. The third-order valence-electron chi connectivity index (χ3n) is 4.26. The average molecular weight is 409 g/mol. The molecule has 2 aromatic rings. The third-order valence-corrected chi connectivity index (χ3v) is 4.26. The lowest BCUT2D eigenvalue weighted by atomic mass is 10.1. The van der Waals surface area contributed by atoms with Gasteiger partial charge in [-0.2, -0.15) is 0 Å². The number of hydrogen-bond acceptors (Lipinski definition) is 5. The van der Waals surface area contributed by atoms with Crippen LogP contribution in [0.3, 0.4) is 0 Å². The first-order valence-corrected chi connectivity index (χ1v) is 8.89. The van der Waals surface area contributed by atoms with Gasteiger partial charge in [0.25, 0.3) is 0 Å². The molecule has 0 saturated carbocycles. The van der Waals surface area contributed by atoms with Gasteiger partial charge in [0.05, 0.1) is 21.3 Å². The second kappa shape index (κ2) is 12.1. The van der Waals surface area contributed by atoms with Crippen molar-refractivity contribution < 1.29 is 19.0 Å². The van der Waals surface area contributed by atoms with Crippen molar-refractivity contribution in [2.45, 2.75) is 25.9 Å². The maximum Gasteiger partial charge on any atom is 0.220 e. The lowest BCUT2D eigenvalue weighted by Gasteiger charge is -2.14. The Labute approximate surface area is 173 Å². The molecule has 0 saturated heterocycles. The number of aryl methyl sites for hydroxylation is 1. The van der Waals surface area contributed by atoms with Gasteiger partial charge in [0.2, 0.25) is 11.7 Å². The van der Waals surface area contributed by atoms with Gasteiger partial charge in [0.1, 0.15) is 0 Å². The second-order valence-corrected chi connectivity index (χ2v) is 6.16. The summed E-state index contributed by atoms with van der Waals surface area (Å²) in [5.74, 6) is 1.74. The van der Waals surface area contributed by atoms with E-state index in [9.17, 15) is 4.79 Å². The Morgan fingerprint density at radius 2 is 1.39 bits per heavy atom. The van der Waals surface area contributed by atoms with Crippen molar-refractivity contribution >= 4 is 18.3 Å². The molecule has 0 spiro atoms. The Balaban J connectivity index is 0.00000392. The molecule has 6 nitrogen and oxygen atoms in total. The van der Waals surface area contributed by atoms with Crippen LogP contribution in [0.5, 0.6) is 17.2 Å². The van der Waals surface area contributed by atoms with Gasteiger partial charge in [0.15, 0.2) is 11.5 Å². The third kappa shape index (κ3) is 6.62. The van der Waals surface area contributed by atoms with Crippen LogP contribution in [0, 0.1) is 0 Å². The zero-order valence-corrected chi connectivity index (χ0v) is 17.7. The Kier molecular flexibility index (Phi) is 10.2. The molecule has 0 atom stereocenters. The predicted molar refractivity (Wildman–Crippen MR) is 113 cm³/mol. The number of carbonyl (C=O) groups excluding carboxylic acids is 1. The number of carbonyl (C=O) groups is 1. The number of halogens is 1. The van der Waals surface area contributed by atoms with Crippen molar-refractivity contribution in [3.63, 3.8) is 0 Å². The summed E-state index contributed by atoms with van der Waals surface area (Å²) >= 11 is 0. The Morgan fingerprint density at radius 3 is 1.86 bits per heavy atom. The van der Waals surface area contributed by atoms with Crippen LogP contribution in [0.2, 0.25) is 0 Å². The number of rotatable bonds is 10. The predicted octanol–water partition coefficient (Wildman–Crippen LogP) is 3.10. The van der Waals surface area contributed by atoms with Crippen LogP contribution in [0.4, 0.5) is 0 Å². The standard InChI is InChI=1S/C21H28N2O4.ClH/c1-22-13-15-5-7-16(8-6-15)14-23-20(24)10-9-17-11-18(25-2)21(27-4)19(12-17)26-3;/h5-8,11-12,22H,9-10,13-14H2,1-4H3,(H,23,24);1H. The number of amides is 1. The van der Waals surface area contributed by atoms with Crippen LogP contribution in [-0.2, 0) is 24.3 Å². The van der Waals surface area contributed by atoms with Crippen LogP contribution in [0.1, 0.15) is 23.1 Å². The SMILES string of the molecule is CNCc1ccc(CNC(=O)CCc2cc(OC)c(OC)c(OC)c2)cc1.Cl. The second-order valence-electron chi connectivity index (χ2n) is 6.16. The summed E-state index contributed by atoms with van der Waals surface area (Å²) < 4.78 is 16.0. The summed E-state index contributed by atoms with van der Waals surface area (Å²) in [6.07, 6.45) is 0.972. The van der Waals surface area contributed by atoms with E-state index in [1.54, 1.807) is 21.3 Å². The van der Waals surface area contributed by atoms with Crippen LogP contribution in [0.25, 0.3) is 0 Å². The van der Waals surface area contributed by atoms with Gasteiger partial charge >= 0.3 is 0 Å². The fourth-order valence-electron chi connectivity index (χ4n) is 2.81. The molecule has 0 aromatic heterocycles. The molecule has 0 bridgehead atoms. The quantitative estimate of drug-likeness (QED) is 0.632. The van der Waals surface area contributed by atoms with Gasteiger partial charge in [-0.05, 0) is 42.3 Å². The molecule has 0 radical (unpaired) electrons. The highest BCUT2D eigenvalue weighted by Crippen LogP contribution is 2.38. The summed E-state index contributed by atoms with van der Waals surface area (Å²) in [5, 5.41) is 6.07. The van der Waals surface area contributed by atoms with E-state index in [1.165, 1.54) is 5.56 Å². The van der Waals surface area contributed by atoms with Gasteiger partial charge in [-0.25, -0.2) is 0 Å². The zero-order valence-electron chi connectivity index (χ0n) is 16.8. The van der Waals surface area contributed by atoms with Gasteiger partial charge in [0, 0.05) is 19.5 Å². The van der Waals surface area contributed by atoms with Crippen LogP contribution < -0.4 is 24.8 Å². The van der Waals surface area contributed by atoms with Gasteiger partial charge in [-0.3, -0.25) is 4.79 Å². The number of methoxy groups -OCH3 is 3. The summed E-state index contributed by atoms with van der Waals surface area (Å²) in [4.78, 5) is 12.2. The summed E-state index contributed by atoms with van der Waals surface area (Å²) in [6, 6.07) is 11.9. The van der Waals surface area contributed by atoms with E-state index in [-0.39, 0.29) is 18.3 Å². The van der Waals surface area contributed by atoms with E-state index in [1.807, 2.05) is 31.3 Å². The maximum absolute atomic E-state index is 12.2. The number of ether oxygens (including phenoxy) is 3. The van der Waals surface area contributed by atoms with Gasteiger partial charge < -0.3 is 24.8 Å². The van der Waals surface area contributed by atoms with E-state index in [4.69, 9.17) is 14.2 Å². The minimum atomic E-state index is 0. The fraction of sp³-hybridized carbons (Fsp3) is 0.381. The molecule has 28 heavy (non-hydrogen) atoms. The monoisotopic (exact) mass is 408 g/mol. The fourth-order valence-corrected chi connectivity index (χ4v) is 2.81. The first-order chi connectivity index (χ1) is 13.1. The van der Waals surface area contributed by atoms with E-state index < -0.39 is 0 Å². The molecule has 0 fully saturated rings. The first kappa shape index (κ1) is 23.6. The number of benzene rings is 2. The van der Waals surface area contributed by atoms with Crippen molar-refractivity contribution in [3.05, 3.63) is 53.1 Å². The highest BCUT2D eigenvalue weighted by atomic mass is 35.5. The average Bonchev–Trinajstić information content (AvgIpc) is 2.71. The molecule has 0 unspecified atom stereocenters. The minimum Gasteiger partial charge on any atom is -0.493 e. The van der Waals surface area contributed by atoms with Gasteiger partial charge in [-0.15, -0.1) is 12.4 Å². The Hall–Kier alpha value is -2.44. The van der Waals surface area contributed by atoms with E-state index in [0.717, 1.165) is 17.7 Å². The summed E-state index contributed by atoms with van der Waals surface area (Å²) in [5.41, 5.74) is 3.25. The van der Waals surface area contributed by atoms with Crippen LogP contribution >= 0.6 is 12.4 Å². The van der Waals surface area contributed by atoms with Crippen molar-refractivity contribution in [3.8, 4) is 17.2 Å². The Morgan fingerprint density at radius 1 is 0.857 bits per heavy atom. The molecule has 2 rings (SSSR count). The first-order valence-electron chi connectivity index (χ1n) is 8.89. The molecule has 0 heterocycles. The molecule has 0 aliphatic carbocycles. The Bertz CT molecular complexity index is 726. The van der Waals surface area contributed by atoms with E-state index in [0.29, 0.717) is 36.6 Å². The van der Waals surface area contributed by atoms with Crippen molar-refractivity contribution in [2.24, 2.45) is 0 Å². The summed E-state index contributed by atoms with van der Waals surface area (Å²) in [6.45, 7) is 1.36. The molecular formula is C21H29ClN2O4.